The van der Waals surface area contributed by atoms with Crippen molar-refractivity contribution in [2.24, 2.45) is 11.1 Å². The first-order valence-electron chi connectivity index (χ1n) is 6.71. The van der Waals surface area contributed by atoms with Crippen molar-refractivity contribution in [1.29, 1.82) is 0 Å². The maximum absolute atomic E-state index is 12.2. The molecule has 0 bridgehead atoms. The predicted molar refractivity (Wildman–Crippen MR) is 74.9 cm³/mol. The summed E-state index contributed by atoms with van der Waals surface area (Å²) in [5.41, 5.74) is 6.21. The molecule has 1 aromatic rings. The van der Waals surface area contributed by atoms with Crippen LogP contribution in [0, 0.1) is 15.5 Å². The van der Waals surface area contributed by atoms with Gasteiger partial charge in [0.05, 0.1) is 10.3 Å². The zero-order chi connectivity index (χ0) is 14.8. The Bertz CT molecular complexity index is 532. The van der Waals surface area contributed by atoms with Crippen LogP contribution in [0.5, 0.6) is 0 Å². The Morgan fingerprint density at radius 3 is 2.95 bits per heavy atom. The number of nitrogens with one attached hydrogen (secondary N) is 1. The van der Waals surface area contributed by atoms with Gasteiger partial charge in [0.15, 0.2) is 0 Å². The van der Waals surface area contributed by atoms with Gasteiger partial charge in [-0.1, -0.05) is 18.6 Å². The number of rotatable bonds is 4. The molecule has 1 saturated carbocycles. The lowest BCUT2D eigenvalue weighted by atomic mass is 9.84. The molecule has 2 rings (SSSR count). The summed E-state index contributed by atoms with van der Waals surface area (Å²) in [4.78, 5) is 22.5. The molecule has 3 N–H and O–H groups in total. The van der Waals surface area contributed by atoms with E-state index in [1.807, 2.05) is 6.92 Å². The normalized spacial score (nSPS) is 25.4. The van der Waals surface area contributed by atoms with E-state index in [2.05, 4.69) is 5.32 Å². The average Bonchev–Trinajstić information content (AvgIpc) is 2.77. The quantitative estimate of drug-likeness (QED) is 0.646. The van der Waals surface area contributed by atoms with Gasteiger partial charge in [-0.05, 0) is 25.3 Å². The molecular weight excluding hydrogens is 258 g/mol. The maximum Gasteiger partial charge on any atom is 0.269 e. The highest BCUT2D eigenvalue weighted by atomic mass is 16.6. The van der Waals surface area contributed by atoms with Crippen LogP contribution in [-0.2, 0) is 11.3 Å². The lowest BCUT2D eigenvalue weighted by Crippen LogP contribution is -2.47. The van der Waals surface area contributed by atoms with Crippen LogP contribution in [0.4, 0.5) is 5.69 Å². The van der Waals surface area contributed by atoms with E-state index in [1.165, 1.54) is 12.1 Å². The van der Waals surface area contributed by atoms with E-state index < -0.39 is 10.3 Å². The molecule has 0 saturated heterocycles. The number of benzene rings is 1. The van der Waals surface area contributed by atoms with Crippen molar-refractivity contribution in [3.8, 4) is 0 Å². The molecular formula is C14H19N3O3. The minimum absolute atomic E-state index is 0.0283. The van der Waals surface area contributed by atoms with E-state index in [4.69, 9.17) is 5.73 Å². The minimum Gasteiger partial charge on any atom is -0.351 e. The maximum atomic E-state index is 12.2. The van der Waals surface area contributed by atoms with Crippen LogP contribution in [0.15, 0.2) is 24.3 Å². The molecule has 2 unspecified atom stereocenters. The van der Waals surface area contributed by atoms with E-state index in [9.17, 15) is 14.9 Å². The molecule has 1 amide bonds. The summed E-state index contributed by atoms with van der Waals surface area (Å²) in [6, 6.07) is 6.15. The first-order valence-corrected chi connectivity index (χ1v) is 6.71. The van der Waals surface area contributed by atoms with E-state index in [0.717, 1.165) is 19.3 Å². The van der Waals surface area contributed by atoms with Crippen LogP contribution in [0.2, 0.25) is 0 Å². The molecule has 0 aliphatic heterocycles. The van der Waals surface area contributed by atoms with Crippen molar-refractivity contribution in [2.45, 2.75) is 38.8 Å². The number of nitro benzene ring substituents is 1. The fourth-order valence-electron chi connectivity index (χ4n) is 2.64. The van der Waals surface area contributed by atoms with Gasteiger partial charge < -0.3 is 11.1 Å². The Balaban J connectivity index is 2.00. The zero-order valence-corrected chi connectivity index (χ0v) is 11.5. The summed E-state index contributed by atoms with van der Waals surface area (Å²) >= 11 is 0. The summed E-state index contributed by atoms with van der Waals surface area (Å²) in [5.74, 6) is -0.0750. The van der Waals surface area contributed by atoms with Crippen LogP contribution in [0.1, 0.15) is 31.7 Å². The van der Waals surface area contributed by atoms with Gasteiger partial charge in [-0.2, -0.15) is 0 Å². The Kier molecular flexibility index (Phi) is 4.04. The topological polar surface area (TPSA) is 98.3 Å². The molecule has 1 aliphatic rings. The molecule has 6 nitrogen and oxygen atoms in total. The molecule has 108 valence electrons. The zero-order valence-electron chi connectivity index (χ0n) is 11.5. The van der Waals surface area contributed by atoms with Crippen molar-refractivity contribution < 1.29 is 9.72 Å². The summed E-state index contributed by atoms with van der Waals surface area (Å²) in [6.45, 7) is 2.16. The van der Waals surface area contributed by atoms with Gasteiger partial charge in [-0.15, -0.1) is 0 Å². The molecule has 0 aromatic heterocycles. The standard InChI is InChI=1S/C14H19N3O3/c1-14(7-3-6-12(14)15)13(18)16-9-10-4-2-5-11(8-10)17(19)20/h2,4-5,8,12H,3,6-7,9,15H2,1H3,(H,16,18). The SMILES string of the molecule is CC1(C(=O)NCc2cccc([N+](=O)[O-])c2)CCCC1N. The molecule has 6 heteroatoms. The first-order chi connectivity index (χ1) is 9.43. The number of nitrogens with zero attached hydrogens (tertiary/aromatic N) is 1. The third-order valence-corrected chi connectivity index (χ3v) is 4.12. The van der Waals surface area contributed by atoms with Crippen LogP contribution >= 0.6 is 0 Å². The molecule has 0 spiro atoms. The third kappa shape index (κ3) is 2.80. The lowest BCUT2D eigenvalue weighted by Gasteiger charge is -2.27. The number of hydrogen-bond acceptors (Lipinski definition) is 4. The van der Waals surface area contributed by atoms with Crippen molar-refractivity contribution in [3.05, 3.63) is 39.9 Å². The van der Waals surface area contributed by atoms with Gasteiger partial charge in [-0.25, -0.2) is 0 Å². The van der Waals surface area contributed by atoms with Gasteiger partial charge in [0.25, 0.3) is 5.69 Å². The molecule has 0 radical (unpaired) electrons. The van der Waals surface area contributed by atoms with Crippen molar-refractivity contribution in [1.82, 2.24) is 5.32 Å². The van der Waals surface area contributed by atoms with Gasteiger partial charge >= 0.3 is 0 Å². The highest BCUT2D eigenvalue weighted by Gasteiger charge is 2.42. The van der Waals surface area contributed by atoms with E-state index in [-0.39, 0.29) is 24.2 Å². The molecule has 1 aromatic carbocycles. The van der Waals surface area contributed by atoms with Crippen LogP contribution in [0.3, 0.4) is 0 Å². The Labute approximate surface area is 117 Å². The van der Waals surface area contributed by atoms with Crippen molar-refractivity contribution >= 4 is 11.6 Å². The second-order valence-electron chi connectivity index (χ2n) is 5.53. The second kappa shape index (κ2) is 5.58. The van der Waals surface area contributed by atoms with Crippen LogP contribution in [0.25, 0.3) is 0 Å². The molecule has 2 atom stereocenters. The van der Waals surface area contributed by atoms with Gasteiger partial charge in [0.2, 0.25) is 5.91 Å². The van der Waals surface area contributed by atoms with Gasteiger partial charge in [0.1, 0.15) is 0 Å². The Morgan fingerprint density at radius 2 is 2.35 bits per heavy atom. The number of carbonyl (C=O) groups is 1. The van der Waals surface area contributed by atoms with E-state index in [0.29, 0.717) is 5.56 Å². The lowest BCUT2D eigenvalue weighted by molar-refractivity contribution is -0.384. The largest absolute Gasteiger partial charge is 0.351 e. The Morgan fingerprint density at radius 1 is 1.60 bits per heavy atom. The number of nitro groups is 1. The fraction of sp³-hybridized carbons (Fsp3) is 0.500. The highest BCUT2D eigenvalue weighted by molar-refractivity contribution is 5.83. The summed E-state index contributed by atoms with van der Waals surface area (Å²) in [5, 5.41) is 13.5. The van der Waals surface area contributed by atoms with Crippen LogP contribution in [-0.4, -0.2) is 16.9 Å². The van der Waals surface area contributed by atoms with Gasteiger partial charge in [-0.3, -0.25) is 14.9 Å². The van der Waals surface area contributed by atoms with Crippen molar-refractivity contribution in [2.75, 3.05) is 0 Å². The predicted octanol–water partition coefficient (Wildman–Crippen LogP) is 1.73. The smallest absolute Gasteiger partial charge is 0.269 e. The van der Waals surface area contributed by atoms with Gasteiger partial charge in [0, 0.05) is 24.7 Å². The third-order valence-electron chi connectivity index (χ3n) is 4.12. The molecule has 1 aliphatic carbocycles. The number of nitrogens with two attached hydrogens (primary N) is 1. The summed E-state index contributed by atoms with van der Waals surface area (Å²) < 4.78 is 0. The van der Waals surface area contributed by atoms with E-state index in [1.54, 1.807) is 12.1 Å². The second-order valence-corrected chi connectivity index (χ2v) is 5.53. The first kappa shape index (κ1) is 14.5. The Hall–Kier alpha value is -1.95. The molecule has 20 heavy (non-hydrogen) atoms. The van der Waals surface area contributed by atoms with Crippen molar-refractivity contribution in [3.63, 3.8) is 0 Å². The number of hydrogen-bond donors (Lipinski definition) is 2. The number of carbonyl (C=O) groups excluding carboxylic acids is 1. The average molecular weight is 277 g/mol. The summed E-state index contributed by atoms with van der Waals surface area (Å²) in [7, 11) is 0. The summed E-state index contributed by atoms with van der Waals surface area (Å²) in [6.07, 6.45) is 2.61. The minimum atomic E-state index is -0.527. The monoisotopic (exact) mass is 277 g/mol. The fourth-order valence-corrected chi connectivity index (χ4v) is 2.64. The molecule has 0 heterocycles. The molecule has 1 fully saturated rings. The number of non-ortho nitro benzene ring substituents is 1. The number of amides is 1. The van der Waals surface area contributed by atoms with E-state index >= 15 is 0 Å². The van der Waals surface area contributed by atoms with Crippen LogP contribution < -0.4 is 11.1 Å². The highest BCUT2D eigenvalue weighted by Crippen LogP contribution is 2.36.